The van der Waals surface area contributed by atoms with Gasteiger partial charge in [-0.25, -0.2) is 4.79 Å². The topological polar surface area (TPSA) is 72.8 Å². The van der Waals surface area contributed by atoms with E-state index >= 15 is 0 Å². The van der Waals surface area contributed by atoms with Gasteiger partial charge in [0.25, 0.3) is 0 Å². The molecule has 1 amide bonds. The summed E-state index contributed by atoms with van der Waals surface area (Å²) < 4.78 is 0. The number of hydrogen-bond donors (Lipinski definition) is 3. The predicted molar refractivity (Wildman–Crippen MR) is 62.2 cm³/mol. The van der Waals surface area contributed by atoms with Gasteiger partial charge in [-0.1, -0.05) is 11.8 Å². The lowest BCUT2D eigenvalue weighted by molar-refractivity contribution is 0.191. The zero-order valence-corrected chi connectivity index (χ0v) is 9.86. The van der Waals surface area contributed by atoms with E-state index in [0.717, 1.165) is 13.0 Å². The normalized spacial score (nSPS) is 11.8. The number of amides is 1. The average molecular weight is 228 g/mol. The fourth-order valence-corrected chi connectivity index (χ4v) is 1.10. The molecule has 0 saturated carbocycles. The van der Waals surface area contributed by atoms with Crippen molar-refractivity contribution in [3.8, 4) is 11.8 Å². The van der Waals surface area contributed by atoms with Gasteiger partial charge in [0.15, 0.2) is 0 Å². The van der Waals surface area contributed by atoms with Crippen LogP contribution >= 0.6 is 0 Å². The van der Waals surface area contributed by atoms with E-state index in [1.165, 1.54) is 0 Å². The Hall–Kier alpha value is -1.25. The first-order valence-electron chi connectivity index (χ1n) is 5.31. The molecule has 0 bridgehead atoms. The molecule has 0 fully saturated rings. The van der Waals surface area contributed by atoms with Crippen LogP contribution in [0.25, 0.3) is 0 Å². The number of carbonyl (C=O) groups is 1. The van der Waals surface area contributed by atoms with Crippen LogP contribution in [0.4, 0.5) is 4.79 Å². The van der Waals surface area contributed by atoms with Crippen molar-refractivity contribution in [1.82, 2.24) is 10.2 Å². The Morgan fingerprint density at radius 2 is 2.19 bits per heavy atom. The third kappa shape index (κ3) is 9.31. The lowest BCUT2D eigenvalue weighted by Gasteiger charge is -2.11. The van der Waals surface area contributed by atoms with E-state index in [1.807, 2.05) is 11.9 Å². The molecule has 0 aromatic heterocycles. The van der Waals surface area contributed by atoms with E-state index in [2.05, 4.69) is 17.2 Å². The Labute approximate surface area is 96.4 Å². The Balaban J connectivity index is 3.64. The van der Waals surface area contributed by atoms with Gasteiger partial charge >= 0.3 is 6.09 Å². The summed E-state index contributed by atoms with van der Waals surface area (Å²) in [4.78, 5) is 12.3. The van der Waals surface area contributed by atoms with E-state index in [-0.39, 0.29) is 12.6 Å². The van der Waals surface area contributed by atoms with Crippen LogP contribution in [0.1, 0.15) is 19.8 Å². The van der Waals surface area contributed by atoms with Gasteiger partial charge in [-0.2, -0.15) is 0 Å². The number of aliphatic hydroxyl groups excluding tert-OH is 1. The van der Waals surface area contributed by atoms with Gasteiger partial charge in [0.1, 0.15) is 0 Å². The smallest absolute Gasteiger partial charge is 0.404 e. The van der Waals surface area contributed by atoms with E-state index in [4.69, 9.17) is 10.2 Å². The Morgan fingerprint density at radius 3 is 2.75 bits per heavy atom. The molecule has 0 rings (SSSR count). The number of carboxylic acid groups (broad SMARTS) is 1. The first kappa shape index (κ1) is 14.8. The minimum atomic E-state index is -1.02. The molecular formula is C11H20N2O3. The summed E-state index contributed by atoms with van der Waals surface area (Å²) >= 11 is 0. The quantitative estimate of drug-likeness (QED) is 0.574. The summed E-state index contributed by atoms with van der Waals surface area (Å²) in [5.74, 6) is 5.88. The van der Waals surface area contributed by atoms with Crippen LogP contribution in [-0.2, 0) is 0 Å². The molecule has 0 aliphatic heterocycles. The molecule has 0 aliphatic carbocycles. The van der Waals surface area contributed by atoms with Crippen LogP contribution in [0, 0.1) is 11.8 Å². The van der Waals surface area contributed by atoms with Crippen molar-refractivity contribution in [2.24, 2.45) is 0 Å². The average Bonchev–Trinajstić information content (AvgIpc) is 2.20. The van der Waals surface area contributed by atoms with E-state index in [0.29, 0.717) is 13.0 Å². The lowest BCUT2D eigenvalue weighted by atomic mass is 10.2. The summed E-state index contributed by atoms with van der Waals surface area (Å²) in [6.07, 6.45) is 0.240. The lowest BCUT2D eigenvalue weighted by Crippen LogP contribution is -2.30. The minimum absolute atomic E-state index is 0.146. The molecule has 0 heterocycles. The third-order valence-electron chi connectivity index (χ3n) is 1.95. The number of rotatable bonds is 6. The van der Waals surface area contributed by atoms with Gasteiger partial charge in [0.2, 0.25) is 0 Å². The van der Waals surface area contributed by atoms with Crippen LogP contribution in [0.15, 0.2) is 0 Å². The molecule has 3 N–H and O–H groups in total. The molecule has 0 aromatic rings. The van der Waals surface area contributed by atoms with Crippen molar-refractivity contribution in [3.05, 3.63) is 0 Å². The maximum Gasteiger partial charge on any atom is 0.404 e. The number of hydrogen-bond acceptors (Lipinski definition) is 3. The molecule has 0 radical (unpaired) electrons. The van der Waals surface area contributed by atoms with Crippen LogP contribution in [-0.4, -0.2) is 54.0 Å². The highest BCUT2D eigenvalue weighted by Gasteiger charge is 2.01. The van der Waals surface area contributed by atoms with E-state index in [9.17, 15) is 4.79 Å². The molecule has 1 atom stereocenters. The van der Waals surface area contributed by atoms with Gasteiger partial charge < -0.3 is 15.5 Å². The van der Waals surface area contributed by atoms with Gasteiger partial charge in [0, 0.05) is 25.6 Å². The fourth-order valence-electron chi connectivity index (χ4n) is 1.10. The second-order valence-electron chi connectivity index (χ2n) is 3.72. The summed E-state index contributed by atoms with van der Waals surface area (Å²) in [6, 6.07) is -0.146. The summed E-state index contributed by atoms with van der Waals surface area (Å²) in [6.45, 7) is 3.42. The highest BCUT2D eigenvalue weighted by molar-refractivity contribution is 5.64. The molecule has 0 aliphatic rings. The zero-order valence-electron chi connectivity index (χ0n) is 9.86. The van der Waals surface area contributed by atoms with Gasteiger partial charge in [0.05, 0.1) is 6.54 Å². The predicted octanol–water partition coefficient (Wildman–Crippen LogP) is 0.350. The SMILES string of the molecule is CC(CC#CCN(C)CCCO)NC(=O)O. The van der Waals surface area contributed by atoms with Gasteiger partial charge in [-0.3, -0.25) is 4.90 Å². The molecule has 16 heavy (non-hydrogen) atoms. The Bertz CT molecular complexity index is 258. The summed E-state index contributed by atoms with van der Waals surface area (Å²) in [5, 5.41) is 19.4. The van der Waals surface area contributed by atoms with E-state index < -0.39 is 6.09 Å². The molecule has 0 aromatic carbocycles. The maximum absolute atomic E-state index is 10.3. The van der Waals surface area contributed by atoms with E-state index in [1.54, 1.807) is 6.92 Å². The highest BCUT2D eigenvalue weighted by Crippen LogP contribution is 1.89. The number of nitrogens with zero attached hydrogens (tertiary/aromatic N) is 1. The number of aliphatic hydroxyl groups is 1. The summed E-state index contributed by atoms with van der Waals surface area (Å²) in [5.41, 5.74) is 0. The molecular weight excluding hydrogens is 208 g/mol. The molecule has 0 spiro atoms. The zero-order chi connectivity index (χ0) is 12.4. The second-order valence-corrected chi connectivity index (χ2v) is 3.72. The molecule has 5 heteroatoms. The van der Waals surface area contributed by atoms with Crippen molar-refractivity contribution in [2.75, 3.05) is 26.7 Å². The van der Waals surface area contributed by atoms with Crippen molar-refractivity contribution in [3.63, 3.8) is 0 Å². The standard InChI is InChI=1S/C11H20N2O3/c1-10(12-11(15)16)6-3-4-7-13(2)8-5-9-14/h10,12,14H,5-9H2,1-2H3,(H,15,16). The highest BCUT2D eigenvalue weighted by atomic mass is 16.4. The van der Waals surface area contributed by atoms with Crippen LogP contribution in [0.2, 0.25) is 0 Å². The summed E-state index contributed by atoms with van der Waals surface area (Å²) in [7, 11) is 1.93. The first-order chi connectivity index (χ1) is 7.56. The van der Waals surface area contributed by atoms with Crippen molar-refractivity contribution in [2.45, 2.75) is 25.8 Å². The maximum atomic E-state index is 10.3. The van der Waals surface area contributed by atoms with Crippen LogP contribution in [0.3, 0.4) is 0 Å². The van der Waals surface area contributed by atoms with Crippen molar-refractivity contribution >= 4 is 6.09 Å². The Morgan fingerprint density at radius 1 is 1.50 bits per heavy atom. The first-order valence-corrected chi connectivity index (χ1v) is 5.31. The van der Waals surface area contributed by atoms with Gasteiger partial charge in [-0.15, -0.1) is 0 Å². The number of nitrogens with one attached hydrogen (secondary N) is 1. The third-order valence-corrected chi connectivity index (χ3v) is 1.95. The monoisotopic (exact) mass is 228 g/mol. The largest absolute Gasteiger partial charge is 0.465 e. The van der Waals surface area contributed by atoms with Crippen molar-refractivity contribution in [1.29, 1.82) is 0 Å². The minimum Gasteiger partial charge on any atom is -0.465 e. The van der Waals surface area contributed by atoms with Gasteiger partial charge in [-0.05, 0) is 20.4 Å². The molecule has 5 nitrogen and oxygen atoms in total. The van der Waals surface area contributed by atoms with Crippen LogP contribution < -0.4 is 5.32 Å². The second kappa shape index (κ2) is 9.01. The molecule has 92 valence electrons. The molecule has 0 saturated heterocycles. The van der Waals surface area contributed by atoms with Crippen molar-refractivity contribution < 1.29 is 15.0 Å². The fraction of sp³-hybridized carbons (Fsp3) is 0.727. The molecule has 1 unspecified atom stereocenters. The Kier molecular flexibility index (Phi) is 8.31. The van der Waals surface area contributed by atoms with Crippen LogP contribution in [0.5, 0.6) is 0 Å².